The van der Waals surface area contributed by atoms with Gasteiger partial charge in [0.2, 0.25) is 0 Å². The highest BCUT2D eigenvalue weighted by Crippen LogP contribution is 2.31. The van der Waals surface area contributed by atoms with Crippen molar-refractivity contribution in [3.05, 3.63) is 40.4 Å². The molecule has 10 heteroatoms. The van der Waals surface area contributed by atoms with Crippen LogP contribution in [0.5, 0.6) is 0 Å². The highest BCUT2D eigenvalue weighted by molar-refractivity contribution is 7.80. The molecule has 0 radical (unpaired) electrons. The van der Waals surface area contributed by atoms with E-state index in [4.69, 9.17) is 44.8 Å². The average molecular weight is 424 g/mol. The van der Waals surface area contributed by atoms with E-state index in [0.717, 1.165) is 18.8 Å². The molecule has 1 aliphatic heterocycles. The Morgan fingerprint density at radius 1 is 1.00 bits per heavy atom. The molecule has 27 heavy (non-hydrogen) atoms. The summed E-state index contributed by atoms with van der Waals surface area (Å²) < 4.78 is 10.4. The zero-order valence-corrected chi connectivity index (χ0v) is 16.4. The van der Waals surface area contributed by atoms with Crippen molar-refractivity contribution in [1.29, 1.82) is 0 Å². The Bertz CT molecular complexity index is 991. The van der Waals surface area contributed by atoms with Gasteiger partial charge in [0.25, 0.3) is 0 Å². The minimum atomic E-state index is 0.350. The monoisotopic (exact) mass is 423 g/mol. The average Bonchev–Trinajstić information content (AvgIpc) is 3.16. The number of rotatable bonds is 3. The summed E-state index contributed by atoms with van der Waals surface area (Å²) in [7, 11) is 0. The van der Waals surface area contributed by atoms with Crippen LogP contribution in [-0.4, -0.2) is 41.7 Å². The molecule has 0 unspecified atom stereocenters. The van der Waals surface area contributed by atoms with Gasteiger partial charge in [-0.15, -0.1) is 0 Å². The Morgan fingerprint density at radius 2 is 1.74 bits per heavy atom. The fourth-order valence-electron chi connectivity index (χ4n) is 2.88. The molecule has 0 aliphatic carbocycles. The van der Waals surface area contributed by atoms with Crippen molar-refractivity contribution in [2.45, 2.75) is 0 Å². The molecule has 0 spiro atoms. The lowest BCUT2D eigenvalue weighted by molar-refractivity contribution is 0.123. The van der Waals surface area contributed by atoms with Crippen molar-refractivity contribution < 1.29 is 9.37 Å². The van der Waals surface area contributed by atoms with E-state index in [0.29, 0.717) is 50.8 Å². The number of ether oxygens (including phenoxy) is 1. The van der Waals surface area contributed by atoms with Crippen molar-refractivity contribution in [3.8, 4) is 0 Å². The summed E-state index contributed by atoms with van der Waals surface area (Å²) in [5.74, 6) is 0. The number of aromatic nitrogens is 2. The molecule has 1 aromatic heterocycles. The van der Waals surface area contributed by atoms with Gasteiger partial charge in [-0.05, 0) is 52.9 Å². The molecule has 7 nitrogen and oxygen atoms in total. The summed E-state index contributed by atoms with van der Waals surface area (Å²) in [6.45, 7) is 2.95. The minimum absolute atomic E-state index is 0.350. The maximum atomic E-state index is 6.17. The summed E-state index contributed by atoms with van der Waals surface area (Å²) in [4.78, 5) is 2.20. The number of morpholine rings is 1. The number of benzene rings is 2. The summed E-state index contributed by atoms with van der Waals surface area (Å²) in [6, 6.07) is 8.97. The van der Waals surface area contributed by atoms with Crippen molar-refractivity contribution in [3.63, 3.8) is 0 Å². The summed E-state index contributed by atoms with van der Waals surface area (Å²) in [5.41, 5.74) is 3.52. The topological polar surface area (TPSA) is 75.5 Å². The van der Waals surface area contributed by atoms with E-state index in [1.54, 1.807) is 18.2 Å². The summed E-state index contributed by atoms with van der Waals surface area (Å²) in [6.07, 6.45) is 0. The molecule has 3 aromatic rings. The van der Waals surface area contributed by atoms with E-state index < -0.39 is 0 Å². The van der Waals surface area contributed by atoms with E-state index in [1.807, 2.05) is 12.1 Å². The van der Waals surface area contributed by atoms with E-state index in [-0.39, 0.29) is 0 Å². The van der Waals surface area contributed by atoms with Gasteiger partial charge in [-0.25, -0.2) is 4.63 Å². The third-order valence-corrected chi connectivity index (χ3v) is 4.94. The number of thiocarbonyl (C=S) groups is 1. The lowest BCUT2D eigenvalue weighted by Crippen LogP contribution is -2.36. The highest BCUT2D eigenvalue weighted by atomic mass is 35.5. The van der Waals surface area contributed by atoms with Crippen LogP contribution in [0.15, 0.2) is 35.0 Å². The van der Waals surface area contributed by atoms with Gasteiger partial charge < -0.3 is 20.3 Å². The summed E-state index contributed by atoms with van der Waals surface area (Å²) in [5, 5.41) is 15.6. The minimum Gasteiger partial charge on any atom is -0.378 e. The fraction of sp³-hybridized carbons (Fsp3) is 0.235. The molecule has 2 aromatic carbocycles. The Morgan fingerprint density at radius 3 is 2.56 bits per heavy atom. The van der Waals surface area contributed by atoms with Crippen LogP contribution in [0.3, 0.4) is 0 Å². The van der Waals surface area contributed by atoms with Crippen molar-refractivity contribution in [1.82, 2.24) is 10.3 Å². The van der Waals surface area contributed by atoms with Gasteiger partial charge >= 0.3 is 0 Å². The number of fused-ring (bicyclic) bond motifs is 1. The Hall–Kier alpha value is -2.13. The van der Waals surface area contributed by atoms with E-state index in [9.17, 15) is 0 Å². The Kier molecular flexibility index (Phi) is 5.31. The Labute approximate surface area is 170 Å². The molecule has 140 valence electrons. The smallest absolute Gasteiger partial charge is 0.175 e. The first kappa shape index (κ1) is 18.2. The zero-order chi connectivity index (χ0) is 18.8. The van der Waals surface area contributed by atoms with Gasteiger partial charge in [0.1, 0.15) is 0 Å². The molecule has 2 heterocycles. The van der Waals surface area contributed by atoms with Gasteiger partial charge in [-0.3, -0.25) is 0 Å². The zero-order valence-electron chi connectivity index (χ0n) is 14.0. The molecule has 0 atom stereocenters. The van der Waals surface area contributed by atoms with Crippen LogP contribution in [-0.2, 0) is 4.74 Å². The van der Waals surface area contributed by atoms with Crippen LogP contribution in [0.25, 0.3) is 11.0 Å². The number of anilines is 3. The van der Waals surface area contributed by atoms with E-state index in [1.165, 1.54) is 0 Å². The maximum Gasteiger partial charge on any atom is 0.175 e. The number of hydrogen-bond acceptors (Lipinski definition) is 6. The summed E-state index contributed by atoms with van der Waals surface area (Å²) >= 11 is 17.6. The lowest BCUT2D eigenvalue weighted by atomic mass is 10.2. The van der Waals surface area contributed by atoms with E-state index >= 15 is 0 Å². The third kappa shape index (κ3) is 3.93. The number of nitrogens with one attached hydrogen (secondary N) is 2. The molecule has 1 saturated heterocycles. The van der Waals surface area contributed by atoms with Crippen molar-refractivity contribution in [2.75, 3.05) is 41.8 Å². The standard InChI is InChI=1S/C17H15Cl2N5O2S/c18-10-1-2-11(19)13(9-10)21-17(27)20-12-3-4-14(16-15(12)22-26-23-16)24-5-7-25-8-6-24/h1-4,9H,5-8H2,(H2,20,21,27). The van der Waals surface area contributed by atoms with Gasteiger partial charge in [0, 0.05) is 18.1 Å². The molecule has 2 N–H and O–H groups in total. The molecule has 4 rings (SSSR count). The first-order chi connectivity index (χ1) is 13.1. The number of hydrogen-bond donors (Lipinski definition) is 2. The Balaban J connectivity index is 1.56. The lowest BCUT2D eigenvalue weighted by Gasteiger charge is -2.28. The van der Waals surface area contributed by atoms with Crippen LogP contribution in [0.4, 0.5) is 17.1 Å². The second-order valence-corrected chi connectivity index (χ2v) is 7.15. The normalized spacial score (nSPS) is 14.4. The van der Waals surface area contributed by atoms with E-state index in [2.05, 4.69) is 25.8 Å². The maximum absolute atomic E-state index is 6.17. The number of halogens is 2. The first-order valence-corrected chi connectivity index (χ1v) is 9.39. The van der Waals surface area contributed by atoms with Gasteiger partial charge in [0.15, 0.2) is 16.1 Å². The molecule has 0 amide bonds. The molecular weight excluding hydrogens is 409 g/mol. The molecule has 1 aliphatic rings. The molecule has 0 saturated carbocycles. The molecular formula is C17H15Cl2N5O2S. The van der Waals surface area contributed by atoms with Crippen molar-refractivity contribution in [2.24, 2.45) is 0 Å². The largest absolute Gasteiger partial charge is 0.378 e. The predicted molar refractivity (Wildman–Crippen MR) is 111 cm³/mol. The van der Waals surface area contributed by atoms with Gasteiger partial charge in [-0.1, -0.05) is 23.2 Å². The predicted octanol–water partition coefficient (Wildman–Crippen LogP) is 4.18. The first-order valence-electron chi connectivity index (χ1n) is 8.23. The van der Waals surface area contributed by atoms with Crippen molar-refractivity contribution >= 4 is 68.6 Å². The van der Waals surface area contributed by atoms with Crippen LogP contribution < -0.4 is 15.5 Å². The second kappa shape index (κ2) is 7.85. The van der Waals surface area contributed by atoms with Crippen LogP contribution >= 0.6 is 35.4 Å². The fourth-order valence-corrected chi connectivity index (χ4v) is 3.44. The third-order valence-electron chi connectivity index (χ3n) is 4.17. The van der Waals surface area contributed by atoms with Gasteiger partial charge in [0.05, 0.1) is 35.3 Å². The highest BCUT2D eigenvalue weighted by Gasteiger charge is 2.19. The van der Waals surface area contributed by atoms with Crippen LogP contribution in [0.1, 0.15) is 0 Å². The quantitative estimate of drug-likeness (QED) is 0.607. The SMILES string of the molecule is S=C(Nc1cc(Cl)ccc1Cl)Nc1ccc(N2CCOCC2)c2nonc12. The molecule has 1 fully saturated rings. The number of nitrogens with zero attached hydrogens (tertiary/aromatic N) is 3. The van der Waals surface area contributed by atoms with Crippen LogP contribution in [0.2, 0.25) is 10.0 Å². The second-order valence-electron chi connectivity index (χ2n) is 5.90. The van der Waals surface area contributed by atoms with Gasteiger partial charge in [-0.2, -0.15) is 0 Å². The molecule has 0 bridgehead atoms. The van der Waals surface area contributed by atoms with Crippen LogP contribution in [0, 0.1) is 0 Å².